The standard InChI is InChI=1S/C16H24ClN3O/c1-3-14-10-21-11(2)9-20(14)16-15(17)6-12(8-19-16)7-18-13-4-5-13/h6,8,11,13-14,18H,3-5,7,9-10H2,1-2H3. The van der Waals surface area contributed by atoms with Crippen molar-refractivity contribution in [2.45, 2.75) is 57.8 Å². The minimum absolute atomic E-state index is 0.224. The molecule has 2 heterocycles. The Morgan fingerprint density at radius 3 is 2.95 bits per heavy atom. The average Bonchev–Trinajstić information content (AvgIpc) is 3.29. The Bertz CT molecular complexity index is 492. The molecule has 1 aliphatic heterocycles. The summed E-state index contributed by atoms with van der Waals surface area (Å²) in [6.07, 6.45) is 5.80. The van der Waals surface area contributed by atoms with Crippen LogP contribution >= 0.6 is 11.6 Å². The van der Waals surface area contributed by atoms with Gasteiger partial charge in [0.05, 0.1) is 23.8 Å². The van der Waals surface area contributed by atoms with Crippen LogP contribution in [-0.2, 0) is 11.3 Å². The number of hydrogen-bond acceptors (Lipinski definition) is 4. The Labute approximate surface area is 131 Å². The Balaban J connectivity index is 1.73. The highest BCUT2D eigenvalue weighted by Crippen LogP contribution is 2.29. The van der Waals surface area contributed by atoms with Crippen LogP contribution < -0.4 is 10.2 Å². The zero-order chi connectivity index (χ0) is 14.8. The summed E-state index contributed by atoms with van der Waals surface area (Å²) < 4.78 is 5.75. The molecular weight excluding hydrogens is 286 g/mol. The van der Waals surface area contributed by atoms with Gasteiger partial charge in [-0.1, -0.05) is 18.5 Å². The van der Waals surface area contributed by atoms with E-state index in [9.17, 15) is 0 Å². The van der Waals surface area contributed by atoms with Gasteiger partial charge in [-0.05, 0) is 37.8 Å². The number of rotatable bonds is 5. The summed E-state index contributed by atoms with van der Waals surface area (Å²) in [5.41, 5.74) is 1.16. The highest BCUT2D eigenvalue weighted by atomic mass is 35.5. The Kier molecular flexibility index (Phi) is 4.67. The van der Waals surface area contributed by atoms with Crippen molar-refractivity contribution in [3.63, 3.8) is 0 Å². The zero-order valence-corrected chi connectivity index (χ0v) is 13.6. The number of morpholine rings is 1. The molecule has 1 saturated carbocycles. The minimum Gasteiger partial charge on any atom is -0.375 e. The van der Waals surface area contributed by atoms with Gasteiger partial charge in [-0.3, -0.25) is 0 Å². The molecule has 2 fully saturated rings. The third kappa shape index (κ3) is 3.68. The number of pyridine rings is 1. The lowest BCUT2D eigenvalue weighted by molar-refractivity contribution is 0.0296. The third-order valence-corrected chi connectivity index (χ3v) is 4.54. The van der Waals surface area contributed by atoms with Crippen molar-refractivity contribution in [3.05, 3.63) is 22.8 Å². The predicted octanol–water partition coefficient (Wildman–Crippen LogP) is 2.99. The summed E-state index contributed by atoms with van der Waals surface area (Å²) in [5.74, 6) is 0.897. The van der Waals surface area contributed by atoms with Crippen LogP contribution in [0.15, 0.2) is 12.3 Å². The third-order valence-electron chi connectivity index (χ3n) is 4.26. The molecule has 21 heavy (non-hydrogen) atoms. The fourth-order valence-corrected chi connectivity index (χ4v) is 3.07. The van der Waals surface area contributed by atoms with Gasteiger partial charge in [0.1, 0.15) is 5.82 Å². The predicted molar refractivity (Wildman–Crippen MR) is 85.9 cm³/mol. The van der Waals surface area contributed by atoms with E-state index in [1.54, 1.807) is 0 Å². The first kappa shape index (κ1) is 15.1. The molecule has 1 N–H and O–H groups in total. The van der Waals surface area contributed by atoms with Crippen LogP contribution in [0.5, 0.6) is 0 Å². The smallest absolute Gasteiger partial charge is 0.147 e. The van der Waals surface area contributed by atoms with Gasteiger partial charge in [0, 0.05) is 25.3 Å². The topological polar surface area (TPSA) is 37.4 Å². The van der Waals surface area contributed by atoms with Crippen LogP contribution in [0.1, 0.15) is 38.7 Å². The summed E-state index contributed by atoms with van der Waals surface area (Å²) >= 11 is 6.49. The van der Waals surface area contributed by atoms with Gasteiger partial charge >= 0.3 is 0 Å². The van der Waals surface area contributed by atoms with Gasteiger partial charge in [-0.15, -0.1) is 0 Å². The normalized spacial score (nSPS) is 26.1. The number of ether oxygens (including phenoxy) is 1. The van der Waals surface area contributed by atoms with Crippen molar-refractivity contribution in [3.8, 4) is 0 Å². The average molecular weight is 310 g/mol. The molecular formula is C16H24ClN3O. The molecule has 1 saturated heterocycles. The lowest BCUT2D eigenvalue weighted by Crippen LogP contribution is -2.49. The highest BCUT2D eigenvalue weighted by molar-refractivity contribution is 6.33. The molecule has 2 aliphatic rings. The molecule has 0 aromatic carbocycles. The largest absolute Gasteiger partial charge is 0.375 e. The molecule has 1 aliphatic carbocycles. The van der Waals surface area contributed by atoms with E-state index in [-0.39, 0.29) is 6.10 Å². The van der Waals surface area contributed by atoms with E-state index in [1.165, 1.54) is 12.8 Å². The van der Waals surface area contributed by atoms with Crippen LogP contribution in [-0.4, -0.2) is 36.3 Å². The molecule has 2 atom stereocenters. The summed E-state index contributed by atoms with van der Waals surface area (Å²) in [5, 5.41) is 4.24. The van der Waals surface area contributed by atoms with Crippen molar-refractivity contribution in [1.82, 2.24) is 10.3 Å². The van der Waals surface area contributed by atoms with Crippen molar-refractivity contribution in [1.29, 1.82) is 0 Å². The minimum atomic E-state index is 0.224. The SMILES string of the molecule is CCC1COC(C)CN1c1ncc(CNC2CC2)cc1Cl. The van der Waals surface area contributed by atoms with Crippen molar-refractivity contribution in [2.75, 3.05) is 18.1 Å². The van der Waals surface area contributed by atoms with Gasteiger partial charge in [0.2, 0.25) is 0 Å². The fraction of sp³-hybridized carbons (Fsp3) is 0.688. The second kappa shape index (κ2) is 6.51. The molecule has 0 bridgehead atoms. The maximum Gasteiger partial charge on any atom is 0.147 e. The van der Waals surface area contributed by atoms with Gasteiger partial charge < -0.3 is 15.0 Å². The summed E-state index contributed by atoms with van der Waals surface area (Å²) in [6.45, 7) is 6.74. The molecule has 0 radical (unpaired) electrons. The molecule has 1 aromatic rings. The van der Waals surface area contributed by atoms with E-state index in [2.05, 4.69) is 29.0 Å². The number of nitrogens with one attached hydrogen (secondary N) is 1. The highest BCUT2D eigenvalue weighted by Gasteiger charge is 2.28. The molecule has 1 aromatic heterocycles. The Morgan fingerprint density at radius 1 is 1.48 bits per heavy atom. The van der Waals surface area contributed by atoms with E-state index < -0.39 is 0 Å². The van der Waals surface area contributed by atoms with Crippen molar-refractivity contribution < 1.29 is 4.74 Å². The first-order valence-corrected chi connectivity index (χ1v) is 8.31. The van der Waals surface area contributed by atoms with E-state index in [1.807, 2.05) is 12.3 Å². The van der Waals surface area contributed by atoms with Crippen LogP contribution in [0.3, 0.4) is 0 Å². The summed E-state index contributed by atoms with van der Waals surface area (Å²) in [4.78, 5) is 6.93. The molecule has 3 rings (SSSR count). The monoisotopic (exact) mass is 309 g/mol. The molecule has 0 amide bonds. The number of nitrogens with zero attached hydrogens (tertiary/aromatic N) is 2. The van der Waals surface area contributed by atoms with E-state index >= 15 is 0 Å². The Morgan fingerprint density at radius 2 is 2.29 bits per heavy atom. The van der Waals surface area contributed by atoms with Crippen LogP contribution in [0.2, 0.25) is 5.02 Å². The lowest BCUT2D eigenvalue weighted by Gasteiger charge is -2.39. The van der Waals surface area contributed by atoms with Crippen LogP contribution in [0.25, 0.3) is 0 Å². The second-order valence-electron chi connectivity index (χ2n) is 6.16. The van der Waals surface area contributed by atoms with Gasteiger partial charge in [0.25, 0.3) is 0 Å². The molecule has 4 nitrogen and oxygen atoms in total. The van der Waals surface area contributed by atoms with Gasteiger partial charge in [-0.2, -0.15) is 0 Å². The van der Waals surface area contributed by atoms with Gasteiger partial charge in [-0.25, -0.2) is 4.98 Å². The fourth-order valence-electron chi connectivity index (χ4n) is 2.77. The molecule has 116 valence electrons. The number of hydrogen-bond donors (Lipinski definition) is 1. The zero-order valence-electron chi connectivity index (χ0n) is 12.8. The quantitative estimate of drug-likeness (QED) is 0.907. The second-order valence-corrected chi connectivity index (χ2v) is 6.57. The Hall–Kier alpha value is -0.840. The first-order chi connectivity index (χ1) is 10.2. The summed E-state index contributed by atoms with van der Waals surface area (Å²) in [7, 11) is 0. The molecule has 0 spiro atoms. The molecule has 2 unspecified atom stereocenters. The van der Waals surface area contributed by atoms with E-state index in [0.717, 1.165) is 42.5 Å². The van der Waals surface area contributed by atoms with E-state index in [0.29, 0.717) is 12.1 Å². The maximum absolute atomic E-state index is 6.49. The van der Waals surface area contributed by atoms with Crippen LogP contribution in [0, 0.1) is 0 Å². The number of aromatic nitrogens is 1. The number of anilines is 1. The van der Waals surface area contributed by atoms with Crippen molar-refractivity contribution in [2.24, 2.45) is 0 Å². The molecule has 5 heteroatoms. The van der Waals surface area contributed by atoms with E-state index in [4.69, 9.17) is 16.3 Å². The maximum atomic E-state index is 6.49. The van der Waals surface area contributed by atoms with Crippen molar-refractivity contribution >= 4 is 17.4 Å². The number of halogens is 1. The first-order valence-electron chi connectivity index (χ1n) is 7.93. The van der Waals surface area contributed by atoms with Crippen LogP contribution in [0.4, 0.5) is 5.82 Å². The van der Waals surface area contributed by atoms with Gasteiger partial charge in [0.15, 0.2) is 0 Å². The summed E-state index contributed by atoms with van der Waals surface area (Å²) in [6, 6.07) is 3.11. The lowest BCUT2D eigenvalue weighted by atomic mass is 10.1.